The Labute approximate surface area is 169 Å². The lowest BCUT2D eigenvalue weighted by Gasteiger charge is -2.34. The molecule has 1 aliphatic rings. The number of nitrogens with two attached hydrogens (primary N) is 1. The molecule has 8 heteroatoms. The van der Waals surface area contributed by atoms with E-state index in [1.165, 1.54) is 11.1 Å². The summed E-state index contributed by atoms with van der Waals surface area (Å²) in [6.45, 7) is 11.0. The second-order valence-corrected chi connectivity index (χ2v) is 5.99. The van der Waals surface area contributed by atoms with Gasteiger partial charge in [-0.15, -0.1) is 37.2 Å². The van der Waals surface area contributed by atoms with Gasteiger partial charge >= 0.3 is 0 Å². The maximum atomic E-state index is 11.6. The van der Waals surface area contributed by atoms with Gasteiger partial charge in [-0.1, -0.05) is 31.2 Å². The van der Waals surface area contributed by atoms with Crippen LogP contribution in [0.3, 0.4) is 0 Å². The summed E-state index contributed by atoms with van der Waals surface area (Å²) in [6, 6.07) is 7.85. The van der Waals surface area contributed by atoms with E-state index in [1.807, 2.05) is 6.07 Å². The number of halogens is 3. The Morgan fingerprint density at radius 3 is 2.12 bits per heavy atom. The minimum absolute atomic E-state index is 0. The summed E-state index contributed by atoms with van der Waals surface area (Å²) in [5, 5.41) is 2.90. The molecule has 1 aliphatic heterocycles. The minimum Gasteiger partial charge on any atom is -0.351 e. The number of amides is 1. The third-order valence-corrected chi connectivity index (χ3v) is 4.29. The monoisotopic (exact) mass is 412 g/mol. The molecular weight excluding hydrogens is 383 g/mol. The molecule has 0 radical (unpaired) electrons. The smallest absolute Gasteiger partial charge is 0.236 e. The van der Waals surface area contributed by atoms with E-state index in [4.69, 9.17) is 5.73 Å². The van der Waals surface area contributed by atoms with Gasteiger partial charge in [-0.25, -0.2) is 0 Å². The lowest BCUT2D eigenvalue weighted by Crippen LogP contribution is -2.45. The van der Waals surface area contributed by atoms with Crippen LogP contribution in [0.2, 0.25) is 0 Å². The van der Waals surface area contributed by atoms with Crippen LogP contribution in [0, 0.1) is 0 Å². The molecule has 1 aromatic rings. The fraction of sp³-hybridized carbons (Fsp3) is 0.588. The van der Waals surface area contributed by atoms with Crippen molar-refractivity contribution in [1.29, 1.82) is 0 Å². The number of rotatable bonds is 6. The molecule has 0 spiro atoms. The van der Waals surface area contributed by atoms with Gasteiger partial charge in [0.15, 0.2) is 0 Å². The van der Waals surface area contributed by atoms with Crippen molar-refractivity contribution in [2.24, 2.45) is 5.73 Å². The summed E-state index contributed by atoms with van der Waals surface area (Å²) in [5.41, 5.74) is 8.05. The number of nitrogens with zero attached hydrogens (tertiary/aromatic N) is 2. The van der Waals surface area contributed by atoms with Crippen LogP contribution in [0.1, 0.15) is 25.0 Å². The largest absolute Gasteiger partial charge is 0.351 e. The van der Waals surface area contributed by atoms with Crippen molar-refractivity contribution >= 4 is 43.1 Å². The van der Waals surface area contributed by atoms with E-state index in [-0.39, 0.29) is 43.1 Å². The normalized spacial score (nSPS) is 16.0. The molecule has 1 saturated heterocycles. The summed E-state index contributed by atoms with van der Waals surface area (Å²) < 4.78 is 0. The average molecular weight is 414 g/mol. The fourth-order valence-electron chi connectivity index (χ4n) is 2.73. The van der Waals surface area contributed by atoms with Crippen LogP contribution in [0.15, 0.2) is 24.3 Å². The van der Waals surface area contributed by atoms with E-state index in [0.29, 0.717) is 6.54 Å². The lowest BCUT2D eigenvalue weighted by molar-refractivity contribution is -0.122. The molecule has 3 N–H and O–H groups in total. The van der Waals surface area contributed by atoms with Gasteiger partial charge in [-0.05, 0) is 24.6 Å². The van der Waals surface area contributed by atoms with Crippen LogP contribution in [-0.2, 0) is 17.9 Å². The Morgan fingerprint density at radius 1 is 1.08 bits per heavy atom. The summed E-state index contributed by atoms with van der Waals surface area (Å²) in [4.78, 5) is 16.6. The fourth-order valence-corrected chi connectivity index (χ4v) is 2.73. The molecule has 146 valence electrons. The molecule has 0 aliphatic carbocycles. The third-order valence-electron chi connectivity index (χ3n) is 4.29. The van der Waals surface area contributed by atoms with Crippen LogP contribution < -0.4 is 11.1 Å². The Bertz CT molecular complexity index is 495. The number of hydrogen-bond acceptors (Lipinski definition) is 4. The van der Waals surface area contributed by atoms with Gasteiger partial charge in [-0.3, -0.25) is 9.69 Å². The summed E-state index contributed by atoms with van der Waals surface area (Å²) in [7, 11) is 0. The topological polar surface area (TPSA) is 61.6 Å². The van der Waals surface area contributed by atoms with Crippen LogP contribution in [-0.4, -0.2) is 54.5 Å². The SMILES string of the molecule is CCN1CCN(Cc2ccccc2CNC(=O)[C@@H](C)N)CC1.Cl.Cl.Cl. The van der Waals surface area contributed by atoms with Crippen molar-refractivity contribution in [2.45, 2.75) is 33.0 Å². The van der Waals surface area contributed by atoms with E-state index in [9.17, 15) is 4.79 Å². The van der Waals surface area contributed by atoms with E-state index in [0.717, 1.165) is 39.3 Å². The maximum Gasteiger partial charge on any atom is 0.236 e. The van der Waals surface area contributed by atoms with Crippen LogP contribution in [0.5, 0.6) is 0 Å². The molecule has 25 heavy (non-hydrogen) atoms. The summed E-state index contributed by atoms with van der Waals surface area (Å²) >= 11 is 0. The summed E-state index contributed by atoms with van der Waals surface area (Å²) in [5.74, 6) is -0.105. The standard InChI is InChI=1S/C17H28N4O.3ClH/c1-3-20-8-10-21(11-9-20)13-16-7-5-4-6-15(16)12-19-17(22)14(2)18;;;/h4-7,14H,3,8-13,18H2,1-2H3,(H,19,22);3*1H/t14-;;;/m1.../s1. The molecule has 0 bridgehead atoms. The van der Waals surface area contributed by atoms with Gasteiger partial charge in [0, 0.05) is 39.3 Å². The molecule has 5 nitrogen and oxygen atoms in total. The maximum absolute atomic E-state index is 11.6. The van der Waals surface area contributed by atoms with Crippen molar-refractivity contribution < 1.29 is 4.79 Å². The zero-order valence-corrected chi connectivity index (χ0v) is 17.4. The first-order valence-electron chi connectivity index (χ1n) is 8.15. The number of hydrogen-bond donors (Lipinski definition) is 2. The minimum atomic E-state index is -0.464. The molecule has 1 amide bonds. The molecule has 1 heterocycles. The number of carbonyl (C=O) groups excluding carboxylic acids is 1. The van der Waals surface area contributed by atoms with Crippen molar-refractivity contribution in [3.63, 3.8) is 0 Å². The van der Waals surface area contributed by atoms with Crippen LogP contribution in [0.25, 0.3) is 0 Å². The first-order valence-corrected chi connectivity index (χ1v) is 8.15. The van der Waals surface area contributed by atoms with Gasteiger partial charge in [0.2, 0.25) is 5.91 Å². The third kappa shape index (κ3) is 8.58. The van der Waals surface area contributed by atoms with E-state index < -0.39 is 6.04 Å². The first kappa shape index (κ1) is 26.7. The average Bonchev–Trinajstić information content (AvgIpc) is 2.54. The Balaban J connectivity index is 0. The van der Waals surface area contributed by atoms with Gasteiger partial charge in [0.05, 0.1) is 6.04 Å². The quantitative estimate of drug-likeness (QED) is 0.749. The van der Waals surface area contributed by atoms with Gasteiger partial charge < -0.3 is 16.0 Å². The second kappa shape index (κ2) is 13.6. The Morgan fingerprint density at radius 2 is 1.60 bits per heavy atom. The molecule has 2 rings (SSSR count). The number of piperazine rings is 1. The molecule has 0 saturated carbocycles. The highest BCUT2D eigenvalue weighted by Crippen LogP contribution is 2.13. The van der Waals surface area contributed by atoms with Crippen molar-refractivity contribution in [3.05, 3.63) is 35.4 Å². The number of nitrogens with one attached hydrogen (secondary N) is 1. The Kier molecular flexibility index (Phi) is 14.5. The molecule has 0 unspecified atom stereocenters. The Hall–Kier alpha value is -0.560. The number of carbonyl (C=O) groups is 1. The number of likely N-dealkylation sites (N-methyl/N-ethyl adjacent to an activating group) is 1. The van der Waals surface area contributed by atoms with E-state index >= 15 is 0 Å². The predicted molar refractivity (Wildman–Crippen MR) is 111 cm³/mol. The van der Waals surface area contributed by atoms with Gasteiger partial charge in [0.1, 0.15) is 0 Å². The van der Waals surface area contributed by atoms with Gasteiger partial charge in [-0.2, -0.15) is 0 Å². The summed E-state index contributed by atoms with van der Waals surface area (Å²) in [6.07, 6.45) is 0. The zero-order valence-electron chi connectivity index (χ0n) is 14.9. The number of benzene rings is 1. The highest BCUT2D eigenvalue weighted by atomic mass is 35.5. The highest BCUT2D eigenvalue weighted by molar-refractivity contribution is 5.86. The zero-order chi connectivity index (χ0) is 15.9. The van der Waals surface area contributed by atoms with Crippen LogP contribution >= 0.6 is 37.2 Å². The van der Waals surface area contributed by atoms with Crippen molar-refractivity contribution in [3.8, 4) is 0 Å². The van der Waals surface area contributed by atoms with Crippen LogP contribution in [0.4, 0.5) is 0 Å². The second-order valence-electron chi connectivity index (χ2n) is 5.99. The molecule has 1 fully saturated rings. The lowest BCUT2D eigenvalue weighted by atomic mass is 10.1. The van der Waals surface area contributed by atoms with Gasteiger partial charge in [0.25, 0.3) is 0 Å². The molecule has 1 aromatic carbocycles. The van der Waals surface area contributed by atoms with E-state index in [2.05, 4.69) is 40.2 Å². The van der Waals surface area contributed by atoms with Crippen molar-refractivity contribution in [2.75, 3.05) is 32.7 Å². The highest BCUT2D eigenvalue weighted by Gasteiger charge is 2.16. The van der Waals surface area contributed by atoms with E-state index in [1.54, 1.807) is 6.92 Å². The predicted octanol–water partition coefficient (Wildman–Crippen LogP) is 2.05. The molecular formula is C17H31Cl3N4O. The first-order chi connectivity index (χ1) is 10.6. The molecule has 0 aromatic heterocycles. The van der Waals surface area contributed by atoms with Crippen molar-refractivity contribution in [1.82, 2.24) is 15.1 Å². The molecule has 1 atom stereocenters.